The molecule has 0 aromatic heterocycles. The molecule has 0 unspecified atom stereocenters. The van der Waals surface area contributed by atoms with Crippen LogP contribution in [0.4, 0.5) is 13.2 Å². The van der Waals surface area contributed by atoms with Crippen molar-refractivity contribution in [3.63, 3.8) is 0 Å². The molecule has 0 atom stereocenters. The zero-order valence-electron chi connectivity index (χ0n) is 8.58. The van der Waals surface area contributed by atoms with Gasteiger partial charge in [-0.15, -0.1) is 0 Å². The molecule has 1 aliphatic rings. The first-order valence-corrected chi connectivity index (χ1v) is 5.25. The molecule has 1 saturated carbocycles. The normalized spacial score (nSPS) is 19.7. The van der Waals surface area contributed by atoms with Crippen molar-refractivity contribution in [2.45, 2.75) is 45.2 Å². The minimum absolute atomic E-state index is 0.0644. The van der Waals surface area contributed by atoms with Crippen LogP contribution in [0.5, 0.6) is 0 Å². The van der Waals surface area contributed by atoms with Gasteiger partial charge in [0.2, 0.25) is 0 Å². The fourth-order valence-corrected chi connectivity index (χ4v) is 1.81. The van der Waals surface area contributed by atoms with Crippen molar-refractivity contribution in [2.24, 2.45) is 5.41 Å². The van der Waals surface area contributed by atoms with Crippen LogP contribution in [-0.2, 0) is 0 Å². The first kappa shape index (κ1) is 11.8. The van der Waals surface area contributed by atoms with E-state index in [1.165, 1.54) is 12.8 Å². The third-order valence-electron chi connectivity index (χ3n) is 2.82. The molecule has 14 heavy (non-hydrogen) atoms. The summed E-state index contributed by atoms with van der Waals surface area (Å²) < 4.78 is 35.4. The van der Waals surface area contributed by atoms with Crippen molar-refractivity contribution in [3.8, 4) is 0 Å². The van der Waals surface area contributed by atoms with Gasteiger partial charge in [-0.05, 0) is 24.7 Å². The molecule has 0 radical (unpaired) electrons. The van der Waals surface area contributed by atoms with Crippen molar-refractivity contribution in [1.82, 2.24) is 5.32 Å². The van der Waals surface area contributed by atoms with E-state index in [1.807, 2.05) is 0 Å². The van der Waals surface area contributed by atoms with Crippen LogP contribution in [0.3, 0.4) is 0 Å². The Labute approximate surface area is 83.1 Å². The van der Waals surface area contributed by atoms with Gasteiger partial charge >= 0.3 is 6.18 Å². The van der Waals surface area contributed by atoms with E-state index in [0.29, 0.717) is 5.41 Å². The fourth-order valence-electron chi connectivity index (χ4n) is 1.81. The van der Waals surface area contributed by atoms with E-state index >= 15 is 0 Å². The SMILES string of the molecule is CCCC1(CNCCC(F)(F)F)CC1. The molecule has 84 valence electrons. The van der Waals surface area contributed by atoms with Crippen LogP contribution in [0, 0.1) is 5.41 Å². The Hall–Kier alpha value is -0.250. The van der Waals surface area contributed by atoms with E-state index in [4.69, 9.17) is 0 Å². The summed E-state index contributed by atoms with van der Waals surface area (Å²) in [4.78, 5) is 0. The van der Waals surface area contributed by atoms with Crippen LogP contribution >= 0.6 is 0 Å². The topological polar surface area (TPSA) is 12.0 Å². The minimum atomic E-state index is -4.02. The van der Waals surface area contributed by atoms with Crippen molar-refractivity contribution in [3.05, 3.63) is 0 Å². The number of hydrogen-bond acceptors (Lipinski definition) is 1. The maximum absolute atomic E-state index is 11.8. The Morgan fingerprint density at radius 1 is 1.29 bits per heavy atom. The van der Waals surface area contributed by atoms with Gasteiger partial charge in [-0.1, -0.05) is 13.3 Å². The van der Waals surface area contributed by atoms with Crippen LogP contribution in [-0.4, -0.2) is 19.3 Å². The average Bonchev–Trinajstić information content (AvgIpc) is 2.79. The predicted molar refractivity (Wildman–Crippen MR) is 50.1 cm³/mol. The number of hydrogen-bond donors (Lipinski definition) is 1. The summed E-state index contributed by atoms with van der Waals surface area (Å²) in [6.45, 7) is 2.95. The van der Waals surface area contributed by atoms with Gasteiger partial charge in [0.1, 0.15) is 0 Å². The highest BCUT2D eigenvalue weighted by Gasteiger charge is 2.40. The van der Waals surface area contributed by atoms with Gasteiger partial charge in [-0.3, -0.25) is 0 Å². The molecule has 1 rings (SSSR count). The summed E-state index contributed by atoms with van der Waals surface area (Å²) in [5.41, 5.74) is 0.348. The van der Waals surface area contributed by atoms with Crippen LogP contribution in [0.25, 0.3) is 0 Å². The zero-order chi connectivity index (χ0) is 10.7. The van der Waals surface area contributed by atoms with Gasteiger partial charge < -0.3 is 5.32 Å². The Morgan fingerprint density at radius 2 is 1.93 bits per heavy atom. The maximum Gasteiger partial charge on any atom is 0.390 e. The zero-order valence-corrected chi connectivity index (χ0v) is 8.58. The standard InChI is InChI=1S/C10H18F3N/c1-2-3-9(4-5-9)8-14-7-6-10(11,12)13/h14H,2-8H2,1H3. The second kappa shape index (κ2) is 4.51. The summed E-state index contributed by atoms with van der Waals surface area (Å²) >= 11 is 0. The Kier molecular flexibility index (Phi) is 3.81. The molecule has 0 heterocycles. The molecule has 0 aromatic rings. The lowest BCUT2D eigenvalue weighted by Gasteiger charge is -2.15. The van der Waals surface area contributed by atoms with E-state index in [9.17, 15) is 13.2 Å². The van der Waals surface area contributed by atoms with Gasteiger partial charge in [-0.25, -0.2) is 0 Å². The molecule has 0 bridgehead atoms. The smallest absolute Gasteiger partial charge is 0.316 e. The van der Waals surface area contributed by atoms with Crippen molar-refractivity contribution in [2.75, 3.05) is 13.1 Å². The third kappa shape index (κ3) is 4.31. The number of halogens is 3. The molecule has 0 amide bonds. The first-order chi connectivity index (χ1) is 6.47. The van der Waals surface area contributed by atoms with E-state index in [2.05, 4.69) is 12.2 Å². The molecule has 0 saturated heterocycles. The molecule has 1 aliphatic carbocycles. The fraction of sp³-hybridized carbons (Fsp3) is 1.00. The highest BCUT2D eigenvalue weighted by atomic mass is 19.4. The Morgan fingerprint density at radius 3 is 2.36 bits per heavy atom. The minimum Gasteiger partial charge on any atom is -0.316 e. The largest absolute Gasteiger partial charge is 0.390 e. The quantitative estimate of drug-likeness (QED) is 0.663. The van der Waals surface area contributed by atoms with Gasteiger partial charge in [0.25, 0.3) is 0 Å². The van der Waals surface area contributed by atoms with Gasteiger partial charge in [0, 0.05) is 13.1 Å². The molecular weight excluding hydrogens is 191 g/mol. The lowest BCUT2D eigenvalue weighted by atomic mass is 10.0. The lowest BCUT2D eigenvalue weighted by Crippen LogP contribution is -2.27. The molecule has 0 spiro atoms. The van der Waals surface area contributed by atoms with Crippen LogP contribution in [0.15, 0.2) is 0 Å². The highest BCUT2D eigenvalue weighted by molar-refractivity contribution is 4.94. The van der Waals surface area contributed by atoms with Crippen molar-refractivity contribution >= 4 is 0 Å². The van der Waals surface area contributed by atoms with Gasteiger partial charge in [0.05, 0.1) is 6.42 Å². The summed E-state index contributed by atoms with van der Waals surface area (Å²) in [7, 11) is 0. The average molecular weight is 209 g/mol. The molecule has 4 heteroatoms. The van der Waals surface area contributed by atoms with Crippen molar-refractivity contribution in [1.29, 1.82) is 0 Å². The molecule has 1 fully saturated rings. The maximum atomic E-state index is 11.8. The second-order valence-corrected chi connectivity index (χ2v) is 4.29. The molecule has 0 aromatic carbocycles. The highest BCUT2D eigenvalue weighted by Crippen LogP contribution is 2.48. The summed E-state index contributed by atoms with van der Waals surface area (Å²) in [6.07, 6.45) is -0.101. The number of alkyl halides is 3. The second-order valence-electron chi connectivity index (χ2n) is 4.29. The van der Waals surface area contributed by atoms with Crippen LogP contribution in [0.1, 0.15) is 39.0 Å². The molecule has 1 N–H and O–H groups in total. The van der Waals surface area contributed by atoms with Crippen LogP contribution in [0.2, 0.25) is 0 Å². The number of nitrogens with one attached hydrogen (secondary N) is 1. The van der Waals surface area contributed by atoms with Gasteiger partial charge in [-0.2, -0.15) is 13.2 Å². The molecular formula is C10H18F3N. The summed E-state index contributed by atoms with van der Waals surface area (Å²) in [5, 5.41) is 2.91. The Bertz CT molecular complexity index is 173. The van der Waals surface area contributed by atoms with E-state index in [0.717, 1.165) is 19.4 Å². The summed E-state index contributed by atoms with van der Waals surface area (Å²) in [6, 6.07) is 0. The van der Waals surface area contributed by atoms with Crippen molar-refractivity contribution < 1.29 is 13.2 Å². The molecule has 1 nitrogen and oxygen atoms in total. The predicted octanol–water partition coefficient (Wildman–Crippen LogP) is 3.11. The molecule has 0 aliphatic heterocycles. The monoisotopic (exact) mass is 209 g/mol. The summed E-state index contributed by atoms with van der Waals surface area (Å²) in [5.74, 6) is 0. The first-order valence-electron chi connectivity index (χ1n) is 5.25. The lowest BCUT2D eigenvalue weighted by molar-refractivity contribution is -0.133. The Balaban J connectivity index is 2.04. The van der Waals surface area contributed by atoms with E-state index in [1.54, 1.807) is 0 Å². The van der Waals surface area contributed by atoms with Crippen LogP contribution < -0.4 is 5.32 Å². The third-order valence-corrected chi connectivity index (χ3v) is 2.82. The van der Waals surface area contributed by atoms with E-state index in [-0.39, 0.29) is 6.54 Å². The van der Waals surface area contributed by atoms with E-state index < -0.39 is 12.6 Å². The number of rotatable bonds is 6. The van der Waals surface area contributed by atoms with Gasteiger partial charge in [0.15, 0.2) is 0 Å².